The summed E-state index contributed by atoms with van der Waals surface area (Å²) in [5.41, 5.74) is 2.59. The van der Waals surface area contributed by atoms with Crippen LogP contribution in [0.25, 0.3) is 0 Å². The van der Waals surface area contributed by atoms with Crippen LogP contribution in [0.3, 0.4) is 0 Å². The number of amides is 2. The second-order valence-electron chi connectivity index (χ2n) is 7.98. The molecule has 3 heterocycles. The standard InChI is InChI=1S/C20H31N3O2/c1-6-22-15(4)12-17(16(22)5)18(24)21-11-9-20(13-21)8-7-10-23(14(2)3)19(20)25/h12,14H,6-11,13H2,1-5H3. The smallest absolute Gasteiger partial charge is 0.255 e. The molecule has 25 heavy (non-hydrogen) atoms. The lowest BCUT2D eigenvalue weighted by Crippen LogP contribution is -2.52. The van der Waals surface area contributed by atoms with Crippen molar-refractivity contribution in [1.82, 2.24) is 14.4 Å². The van der Waals surface area contributed by atoms with Crippen molar-refractivity contribution in [3.05, 3.63) is 23.0 Å². The number of carbonyl (C=O) groups excluding carboxylic acids is 2. The molecule has 2 aliphatic heterocycles. The predicted molar refractivity (Wildman–Crippen MR) is 98.6 cm³/mol. The van der Waals surface area contributed by atoms with Crippen molar-refractivity contribution in [2.24, 2.45) is 5.41 Å². The average molecular weight is 345 g/mol. The molecule has 0 bridgehead atoms. The normalized spacial score (nSPS) is 24.0. The highest BCUT2D eigenvalue weighted by atomic mass is 16.2. The van der Waals surface area contributed by atoms with Gasteiger partial charge in [-0.25, -0.2) is 0 Å². The van der Waals surface area contributed by atoms with Gasteiger partial charge in [0.25, 0.3) is 5.91 Å². The van der Waals surface area contributed by atoms with Crippen molar-refractivity contribution in [3.63, 3.8) is 0 Å². The highest BCUT2D eigenvalue weighted by Crippen LogP contribution is 2.41. The first-order valence-corrected chi connectivity index (χ1v) is 9.58. The zero-order valence-electron chi connectivity index (χ0n) is 16.3. The minimum Gasteiger partial charge on any atom is -0.349 e. The Balaban J connectivity index is 1.81. The first-order valence-electron chi connectivity index (χ1n) is 9.58. The van der Waals surface area contributed by atoms with Gasteiger partial charge >= 0.3 is 0 Å². The third kappa shape index (κ3) is 2.87. The third-order valence-electron chi connectivity index (χ3n) is 6.15. The van der Waals surface area contributed by atoms with Crippen LogP contribution in [0, 0.1) is 19.3 Å². The van der Waals surface area contributed by atoms with E-state index in [0.29, 0.717) is 13.1 Å². The number of nitrogens with zero attached hydrogens (tertiary/aromatic N) is 3. The van der Waals surface area contributed by atoms with Gasteiger partial charge < -0.3 is 14.4 Å². The van der Waals surface area contributed by atoms with E-state index >= 15 is 0 Å². The van der Waals surface area contributed by atoms with E-state index < -0.39 is 0 Å². The largest absolute Gasteiger partial charge is 0.349 e. The van der Waals surface area contributed by atoms with Gasteiger partial charge in [-0.15, -0.1) is 0 Å². The Hall–Kier alpha value is -1.78. The molecular weight excluding hydrogens is 314 g/mol. The fourth-order valence-corrected chi connectivity index (χ4v) is 4.69. The molecule has 0 aliphatic carbocycles. The summed E-state index contributed by atoms with van der Waals surface area (Å²) in [6, 6.07) is 2.23. The van der Waals surface area contributed by atoms with E-state index in [1.54, 1.807) is 0 Å². The van der Waals surface area contributed by atoms with E-state index in [9.17, 15) is 9.59 Å². The van der Waals surface area contributed by atoms with E-state index in [-0.39, 0.29) is 23.3 Å². The average Bonchev–Trinajstić information content (AvgIpc) is 3.11. The molecule has 1 unspecified atom stereocenters. The van der Waals surface area contributed by atoms with Gasteiger partial charge in [-0.1, -0.05) is 0 Å². The van der Waals surface area contributed by atoms with Crippen molar-refractivity contribution in [3.8, 4) is 0 Å². The Kier molecular flexibility index (Phi) is 4.69. The second-order valence-corrected chi connectivity index (χ2v) is 7.98. The first-order chi connectivity index (χ1) is 11.8. The molecule has 0 radical (unpaired) electrons. The Labute approximate surface area is 151 Å². The van der Waals surface area contributed by atoms with Crippen LogP contribution in [0.1, 0.15) is 61.8 Å². The van der Waals surface area contributed by atoms with Gasteiger partial charge in [-0.05, 0) is 59.9 Å². The van der Waals surface area contributed by atoms with E-state index in [1.165, 1.54) is 0 Å². The molecule has 5 nitrogen and oxygen atoms in total. The van der Waals surface area contributed by atoms with Crippen molar-refractivity contribution < 1.29 is 9.59 Å². The Morgan fingerprint density at radius 2 is 1.96 bits per heavy atom. The number of carbonyl (C=O) groups is 2. The summed E-state index contributed by atoms with van der Waals surface area (Å²) in [7, 11) is 0. The number of hydrogen-bond acceptors (Lipinski definition) is 2. The van der Waals surface area contributed by atoms with Crippen LogP contribution in [0.5, 0.6) is 0 Å². The van der Waals surface area contributed by atoms with E-state index in [0.717, 1.165) is 49.3 Å². The molecule has 1 aromatic rings. The van der Waals surface area contributed by atoms with Crippen LogP contribution in [-0.4, -0.2) is 51.9 Å². The van der Waals surface area contributed by atoms with Gasteiger partial charge in [-0.3, -0.25) is 9.59 Å². The lowest BCUT2D eigenvalue weighted by Gasteiger charge is -2.41. The zero-order chi connectivity index (χ0) is 18.4. The third-order valence-corrected chi connectivity index (χ3v) is 6.15. The number of likely N-dealkylation sites (tertiary alicyclic amines) is 2. The summed E-state index contributed by atoms with van der Waals surface area (Å²) in [5, 5.41) is 0. The molecule has 2 amide bonds. The molecular formula is C20H31N3O2. The number of aryl methyl sites for hydroxylation is 1. The van der Waals surface area contributed by atoms with Gasteiger partial charge in [0, 0.05) is 43.6 Å². The molecule has 2 aliphatic rings. The summed E-state index contributed by atoms with van der Waals surface area (Å²) in [5.74, 6) is 0.335. The molecule has 3 rings (SSSR count). The topological polar surface area (TPSA) is 45.6 Å². The molecule has 5 heteroatoms. The lowest BCUT2D eigenvalue weighted by atomic mass is 9.78. The number of rotatable bonds is 3. The predicted octanol–water partition coefficient (Wildman–Crippen LogP) is 2.99. The van der Waals surface area contributed by atoms with E-state index in [1.807, 2.05) is 29.7 Å². The zero-order valence-corrected chi connectivity index (χ0v) is 16.3. The van der Waals surface area contributed by atoms with Crippen LogP contribution in [0.2, 0.25) is 0 Å². The molecule has 2 saturated heterocycles. The number of hydrogen-bond donors (Lipinski definition) is 0. The molecule has 0 saturated carbocycles. The van der Waals surface area contributed by atoms with Gasteiger partial charge in [-0.2, -0.15) is 0 Å². The summed E-state index contributed by atoms with van der Waals surface area (Å²) in [6.45, 7) is 13.3. The highest BCUT2D eigenvalue weighted by molar-refractivity contribution is 5.97. The van der Waals surface area contributed by atoms with Gasteiger partial charge in [0.1, 0.15) is 0 Å². The molecule has 2 fully saturated rings. The van der Waals surface area contributed by atoms with Crippen molar-refractivity contribution in [1.29, 1.82) is 0 Å². The molecule has 0 aromatic carbocycles. The van der Waals surface area contributed by atoms with Gasteiger partial charge in [0.05, 0.1) is 11.0 Å². The SMILES string of the molecule is CCn1c(C)cc(C(=O)N2CCC3(CCCN(C(C)C)C3=O)C2)c1C. The Morgan fingerprint density at radius 3 is 2.56 bits per heavy atom. The first kappa shape index (κ1) is 18.0. The molecule has 1 aromatic heterocycles. The monoisotopic (exact) mass is 345 g/mol. The molecule has 1 spiro atoms. The van der Waals surface area contributed by atoms with E-state index in [2.05, 4.69) is 25.3 Å². The second kappa shape index (κ2) is 6.50. The summed E-state index contributed by atoms with van der Waals surface area (Å²) in [4.78, 5) is 30.0. The maximum Gasteiger partial charge on any atom is 0.255 e. The minimum absolute atomic E-state index is 0.0825. The van der Waals surface area contributed by atoms with Crippen molar-refractivity contribution in [2.45, 2.75) is 66.5 Å². The minimum atomic E-state index is -0.353. The van der Waals surface area contributed by atoms with E-state index in [4.69, 9.17) is 0 Å². The van der Waals surface area contributed by atoms with Gasteiger partial charge in [0.2, 0.25) is 5.91 Å². The molecule has 1 atom stereocenters. The Morgan fingerprint density at radius 1 is 1.24 bits per heavy atom. The van der Waals surface area contributed by atoms with Crippen LogP contribution < -0.4 is 0 Å². The van der Waals surface area contributed by atoms with Gasteiger partial charge in [0.15, 0.2) is 0 Å². The van der Waals surface area contributed by atoms with Crippen molar-refractivity contribution >= 4 is 11.8 Å². The summed E-state index contributed by atoms with van der Waals surface area (Å²) in [6.07, 6.45) is 2.75. The maximum absolute atomic E-state index is 13.1. The highest BCUT2D eigenvalue weighted by Gasteiger charge is 2.50. The lowest BCUT2D eigenvalue weighted by molar-refractivity contribution is -0.147. The molecule has 0 N–H and O–H groups in total. The number of piperidine rings is 1. The quantitative estimate of drug-likeness (QED) is 0.845. The molecule has 138 valence electrons. The van der Waals surface area contributed by atoms with Crippen LogP contribution in [0.4, 0.5) is 0 Å². The maximum atomic E-state index is 13.1. The van der Waals surface area contributed by atoms with Crippen molar-refractivity contribution in [2.75, 3.05) is 19.6 Å². The number of aromatic nitrogens is 1. The Bertz CT molecular complexity index is 691. The summed E-state index contributed by atoms with van der Waals surface area (Å²) >= 11 is 0. The van der Waals surface area contributed by atoms with Crippen LogP contribution in [-0.2, 0) is 11.3 Å². The van der Waals surface area contributed by atoms with Crippen LogP contribution in [0.15, 0.2) is 6.07 Å². The fraction of sp³-hybridized carbons (Fsp3) is 0.700. The fourth-order valence-electron chi connectivity index (χ4n) is 4.69. The summed E-state index contributed by atoms with van der Waals surface area (Å²) < 4.78 is 2.17. The van der Waals surface area contributed by atoms with Crippen LogP contribution >= 0.6 is 0 Å².